The summed E-state index contributed by atoms with van der Waals surface area (Å²) in [5.41, 5.74) is 0.768. The number of carbonyl (C=O) groups is 2. The van der Waals surface area contributed by atoms with Gasteiger partial charge in [0.2, 0.25) is 5.91 Å². The van der Waals surface area contributed by atoms with Crippen molar-refractivity contribution in [3.05, 3.63) is 51.7 Å². The van der Waals surface area contributed by atoms with Crippen molar-refractivity contribution in [3.8, 4) is 0 Å². The zero-order chi connectivity index (χ0) is 18.4. The van der Waals surface area contributed by atoms with Gasteiger partial charge in [0.25, 0.3) is 5.91 Å². The van der Waals surface area contributed by atoms with Crippen LogP contribution in [-0.2, 0) is 11.2 Å². The molecular weight excluding hydrogens is 341 g/mol. The highest BCUT2D eigenvalue weighted by atomic mass is 32.1. The smallest absolute Gasteiger partial charge is 0.271 e. The maximum absolute atomic E-state index is 13.7. The first-order valence-corrected chi connectivity index (χ1v) is 9.07. The van der Waals surface area contributed by atoms with Crippen LogP contribution < -0.4 is 10.6 Å². The molecule has 2 N–H and O–H groups in total. The van der Waals surface area contributed by atoms with Crippen LogP contribution in [0.1, 0.15) is 48.3 Å². The molecule has 0 aliphatic heterocycles. The van der Waals surface area contributed by atoms with Crippen molar-refractivity contribution in [2.45, 2.75) is 45.7 Å². The Balaban J connectivity index is 1.96. The van der Waals surface area contributed by atoms with Gasteiger partial charge in [0, 0.05) is 17.8 Å². The van der Waals surface area contributed by atoms with Crippen LogP contribution in [0.25, 0.3) is 0 Å². The molecule has 2 aromatic rings. The molecule has 1 heterocycles. The number of thiazole rings is 1. The standard InChI is InChI=1S/C18H22FN3O2S/c1-4-11(2)20-17(23)12(3)21-18(24)15-10-25-16(22-15)9-13-7-5-6-8-14(13)19/h5-8,10-12H,4,9H2,1-3H3,(H,20,23)(H,21,24). The van der Waals surface area contributed by atoms with Crippen LogP contribution in [0.5, 0.6) is 0 Å². The number of aromatic nitrogens is 1. The third kappa shape index (κ3) is 5.35. The molecular formula is C18H22FN3O2S. The minimum atomic E-state index is -0.654. The van der Waals surface area contributed by atoms with Gasteiger partial charge in [0.1, 0.15) is 17.6 Å². The molecule has 2 unspecified atom stereocenters. The molecule has 2 atom stereocenters. The highest BCUT2D eigenvalue weighted by Gasteiger charge is 2.19. The van der Waals surface area contributed by atoms with Crippen LogP contribution in [0.15, 0.2) is 29.6 Å². The number of hydrogen-bond acceptors (Lipinski definition) is 4. The Morgan fingerprint density at radius 2 is 1.96 bits per heavy atom. The van der Waals surface area contributed by atoms with E-state index in [0.717, 1.165) is 6.42 Å². The molecule has 5 nitrogen and oxygen atoms in total. The molecule has 1 aromatic heterocycles. The second-order valence-corrected chi connectivity index (χ2v) is 6.85. The number of halogens is 1. The van der Waals surface area contributed by atoms with E-state index < -0.39 is 11.9 Å². The van der Waals surface area contributed by atoms with E-state index >= 15 is 0 Å². The molecule has 0 fully saturated rings. The number of carbonyl (C=O) groups excluding carboxylic acids is 2. The maximum atomic E-state index is 13.7. The van der Waals surface area contributed by atoms with Gasteiger partial charge in [0.05, 0.1) is 5.01 Å². The van der Waals surface area contributed by atoms with Gasteiger partial charge < -0.3 is 10.6 Å². The van der Waals surface area contributed by atoms with E-state index in [2.05, 4.69) is 15.6 Å². The lowest BCUT2D eigenvalue weighted by atomic mass is 10.1. The predicted molar refractivity (Wildman–Crippen MR) is 96.1 cm³/mol. The number of amides is 2. The van der Waals surface area contributed by atoms with Crippen molar-refractivity contribution in [1.82, 2.24) is 15.6 Å². The molecule has 25 heavy (non-hydrogen) atoms. The first-order chi connectivity index (χ1) is 11.9. The van der Waals surface area contributed by atoms with E-state index in [0.29, 0.717) is 17.0 Å². The van der Waals surface area contributed by atoms with E-state index in [-0.39, 0.29) is 23.5 Å². The van der Waals surface area contributed by atoms with Crippen LogP contribution in [-0.4, -0.2) is 28.9 Å². The Labute approximate surface area is 150 Å². The average Bonchev–Trinajstić information content (AvgIpc) is 3.05. The largest absolute Gasteiger partial charge is 0.352 e. The third-order valence-electron chi connectivity index (χ3n) is 3.83. The van der Waals surface area contributed by atoms with Gasteiger partial charge >= 0.3 is 0 Å². The van der Waals surface area contributed by atoms with Gasteiger partial charge in [-0.1, -0.05) is 25.1 Å². The lowest BCUT2D eigenvalue weighted by Crippen LogP contribution is -2.47. The molecule has 1 aromatic carbocycles. The minimum absolute atomic E-state index is 0.0542. The number of nitrogens with one attached hydrogen (secondary N) is 2. The first kappa shape index (κ1) is 19.1. The second kappa shape index (κ2) is 8.71. The fourth-order valence-electron chi connectivity index (χ4n) is 2.11. The van der Waals surface area contributed by atoms with Gasteiger partial charge in [-0.3, -0.25) is 9.59 Å². The fraction of sp³-hybridized carbons (Fsp3) is 0.389. The Kier molecular flexibility index (Phi) is 6.64. The van der Waals surface area contributed by atoms with Crippen molar-refractivity contribution in [1.29, 1.82) is 0 Å². The molecule has 134 valence electrons. The molecule has 2 rings (SSSR count). The minimum Gasteiger partial charge on any atom is -0.352 e. The van der Waals surface area contributed by atoms with Crippen LogP contribution in [0, 0.1) is 5.82 Å². The summed E-state index contributed by atoms with van der Waals surface area (Å²) in [5, 5.41) is 7.71. The molecule has 0 aliphatic rings. The third-order valence-corrected chi connectivity index (χ3v) is 4.67. The summed E-state index contributed by atoms with van der Waals surface area (Å²) in [5.74, 6) is -0.939. The Morgan fingerprint density at radius 3 is 2.64 bits per heavy atom. The average molecular weight is 363 g/mol. The maximum Gasteiger partial charge on any atom is 0.271 e. The monoisotopic (exact) mass is 363 g/mol. The number of benzene rings is 1. The van der Waals surface area contributed by atoms with Gasteiger partial charge in [-0.2, -0.15) is 0 Å². The number of rotatable bonds is 7. The zero-order valence-corrected chi connectivity index (χ0v) is 15.3. The summed E-state index contributed by atoms with van der Waals surface area (Å²) in [6.45, 7) is 5.50. The molecule has 2 amide bonds. The van der Waals surface area contributed by atoms with Gasteiger partial charge in [-0.05, 0) is 31.9 Å². The zero-order valence-electron chi connectivity index (χ0n) is 14.5. The highest BCUT2D eigenvalue weighted by Crippen LogP contribution is 2.17. The topological polar surface area (TPSA) is 71.1 Å². The van der Waals surface area contributed by atoms with E-state index in [1.165, 1.54) is 17.4 Å². The van der Waals surface area contributed by atoms with Crippen molar-refractivity contribution in [2.24, 2.45) is 0 Å². The molecule has 7 heteroatoms. The van der Waals surface area contributed by atoms with Gasteiger partial charge in [-0.15, -0.1) is 11.3 Å². The van der Waals surface area contributed by atoms with Crippen LogP contribution in [0.2, 0.25) is 0 Å². The van der Waals surface area contributed by atoms with Crippen LogP contribution >= 0.6 is 11.3 Å². The summed E-state index contributed by atoms with van der Waals surface area (Å²) >= 11 is 1.29. The summed E-state index contributed by atoms with van der Waals surface area (Å²) < 4.78 is 13.7. The molecule has 0 saturated heterocycles. The van der Waals surface area contributed by atoms with E-state index in [9.17, 15) is 14.0 Å². The molecule has 0 spiro atoms. The second-order valence-electron chi connectivity index (χ2n) is 5.91. The molecule has 0 saturated carbocycles. The van der Waals surface area contributed by atoms with Gasteiger partial charge in [0.15, 0.2) is 0 Å². The first-order valence-electron chi connectivity index (χ1n) is 8.19. The molecule has 0 aliphatic carbocycles. The summed E-state index contributed by atoms with van der Waals surface area (Å²) in [7, 11) is 0. The Bertz CT molecular complexity index is 747. The molecule has 0 radical (unpaired) electrons. The van der Waals surface area contributed by atoms with E-state index in [1.54, 1.807) is 30.5 Å². The molecule has 0 bridgehead atoms. The summed E-state index contributed by atoms with van der Waals surface area (Å²) in [4.78, 5) is 28.4. The fourth-order valence-corrected chi connectivity index (χ4v) is 2.90. The van der Waals surface area contributed by atoms with E-state index in [1.807, 2.05) is 13.8 Å². The quantitative estimate of drug-likeness (QED) is 0.795. The normalized spacial score (nSPS) is 13.1. The lowest BCUT2D eigenvalue weighted by molar-refractivity contribution is -0.123. The Hall–Kier alpha value is -2.28. The lowest BCUT2D eigenvalue weighted by Gasteiger charge is -2.16. The van der Waals surface area contributed by atoms with Gasteiger partial charge in [-0.25, -0.2) is 9.37 Å². The van der Waals surface area contributed by atoms with E-state index in [4.69, 9.17) is 0 Å². The van der Waals surface area contributed by atoms with Crippen molar-refractivity contribution in [2.75, 3.05) is 0 Å². The van der Waals surface area contributed by atoms with Crippen molar-refractivity contribution >= 4 is 23.2 Å². The SMILES string of the molecule is CCC(C)NC(=O)C(C)NC(=O)c1csc(Cc2ccccc2F)n1. The number of hydrogen-bond donors (Lipinski definition) is 2. The van der Waals surface area contributed by atoms with Crippen LogP contribution in [0.4, 0.5) is 4.39 Å². The highest BCUT2D eigenvalue weighted by molar-refractivity contribution is 7.09. The van der Waals surface area contributed by atoms with Crippen molar-refractivity contribution < 1.29 is 14.0 Å². The predicted octanol–water partition coefficient (Wildman–Crippen LogP) is 2.91. The Morgan fingerprint density at radius 1 is 1.24 bits per heavy atom. The number of nitrogens with zero attached hydrogens (tertiary/aromatic N) is 1. The summed E-state index contributed by atoms with van der Waals surface area (Å²) in [6, 6.07) is 5.88. The van der Waals surface area contributed by atoms with Crippen LogP contribution in [0.3, 0.4) is 0 Å². The summed E-state index contributed by atoms with van der Waals surface area (Å²) in [6.07, 6.45) is 1.15. The van der Waals surface area contributed by atoms with Crippen molar-refractivity contribution in [3.63, 3.8) is 0 Å².